The lowest BCUT2D eigenvalue weighted by molar-refractivity contribution is -0.0426. The number of rotatable bonds is 7. The van der Waals surface area contributed by atoms with E-state index < -0.39 is 8.56 Å². The van der Waals surface area contributed by atoms with Crippen LogP contribution in [0.1, 0.15) is 53.4 Å². The highest BCUT2D eigenvalue weighted by molar-refractivity contribution is 6.70. The highest BCUT2D eigenvalue weighted by Crippen LogP contribution is 2.42. The largest absolute Gasteiger partial charge is 0.399 e. The van der Waals surface area contributed by atoms with Gasteiger partial charge in [-0.2, -0.15) is 0 Å². The minimum atomic E-state index is -2.21. The zero-order valence-electron chi connectivity index (χ0n) is 15.8. The lowest BCUT2D eigenvalue weighted by Gasteiger charge is -2.49. The molecule has 2 rings (SSSR count). The van der Waals surface area contributed by atoms with Gasteiger partial charge >= 0.3 is 8.56 Å². The maximum Gasteiger partial charge on any atom is 0.371 e. The van der Waals surface area contributed by atoms with E-state index in [2.05, 4.69) is 27.7 Å². The second kappa shape index (κ2) is 10.9. The highest BCUT2D eigenvalue weighted by atomic mass is 28.4. The van der Waals surface area contributed by atoms with Crippen LogP contribution >= 0.6 is 0 Å². The van der Waals surface area contributed by atoms with Crippen molar-refractivity contribution in [1.82, 2.24) is 0 Å². The van der Waals surface area contributed by atoms with E-state index in [9.17, 15) is 0 Å². The Bertz CT molecular complexity index is 428. The SMILES string of the molecule is CCOC1(CC)CCCC[Si]1(OCC)OCC.Nc1ccccc1. The molecule has 138 valence electrons. The normalized spacial score (nSPS) is 22.5. The third-order valence-electron chi connectivity index (χ3n) is 4.58. The van der Waals surface area contributed by atoms with Gasteiger partial charge in [0, 0.05) is 25.5 Å². The van der Waals surface area contributed by atoms with Gasteiger partial charge in [0.1, 0.15) is 5.22 Å². The third kappa shape index (κ3) is 5.31. The first-order valence-corrected chi connectivity index (χ1v) is 11.3. The molecule has 24 heavy (non-hydrogen) atoms. The Hall–Kier alpha value is -0.883. The average Bonchev–Trinajstić information content (AvgIpc) is 2.59. The van der Waals surface area contributed by atoms with Crippen molar-refractivity contribution in [2.45, 2.75) is 64.6 Å². The van der Waals surface area contributed by atoms with Gasteiger partial charge < -0.3 is 19.3 Å². The summed E-state index contributed by atoms with van der Waals surface area (Å²) in [5, 5.41) is -0.119. The highest BCUT2D eigenvalue weighted by Gasteiger charge is 2.58. The molecule has 1 aromatic rings. The molecule has 1 aromatic carbocycles. The molecule has 5 heteroatoms. The molecule has 4 nitrogen and oxygen atoms in total. The summed E-state index contributed by atoms with van der Waals surface area (Å²) in [5.74, 6) is 0. The van der Waals surface area contributed by atoms with Gasteiger partial charge in [0.2, 0.25) is 0 Å². The van der Waals surface area contributed by atoms with Gasteiger partial charge in [-0.05, 0) is 51.8 Å². The van der Waals surface area contributed by atoms with E-state index in [4.69, 9.17) is 19.3 Å². The minimum Gasteiger partial charge on any atom is -0.399 e. The van der Waals surface area contributed by atoms with Crippen molar-refractivity contribution in [3.8, 4) is 0 Å². The second-order valence-corrected chi connectivity index (χ2v) is 9.51. The maximum atomic E-state index is 6.16. The average molecular weight is 354 g/mol. The summed E-state index contributed by atoms with van der Waals surface area (Å²) >= 11 is 0. The molecule has 0 spiro atoms. The van der Waals surface area contributed by atoms with E-state index in [1.54, 1.807) is 0 Å². The van der Waals surface area contributed by atoms with Crippen molar-refractivity contribution < 1.29 is 13.6 Å². The molecule has 0 bridgehead atoms. The van der Waals surface area contributed by atoms with Gasteiger partial charge in [0.25, 0.3) is 0 Å². The van der Waals surface area contributed by atoms with Crippen molar-refractivity contribution in [3.63, 3.8) is 0 Å². The lowest BCUT2D eigenvalue weighted by atomic mass is 10.1. The fraction of sp³-hybridized carbons (Fsp3) is 0.684. The van der Waals surface area contributed by atoms with E-state index in [1.807, 2.05) is 30.3 Å². The van der Waals surface area contributed by atoms with Crippen molar-refractivity contribution in [2.75, 3.05) is 25.6 Å². The molecular weight excluding hydrogens is 318 g/mol. The number of benzene rings is 1. The summed E-state index contributed by atoms with van der Waals surface area (Å²) in [6.07, 6.45) is 4.57. The topological polar surface area (TPSA) is 53.7 Å². The Labute approximate surface area is 148 Å². The van der Waals surface area contributed by atoms with Crippen molar-refractivity contribution in [2.24, 2.45) is 0 Å². The summed E-state index contributed by atoms with van der Waals surface area (Å²) in [6, 6.07) is 10.6. The van der Waals surface area contributed by atoms with Crippen LogP contribution in [0.5, 0.6) is 0 Å². The molecule has 1 aliphatic rings. The monoisotopic (exact) mass is 353 g/mol. The number of hydrogen-bond acceptors (Lipinski definition) is 4. The molecule has 1 saturated heterocycles. The first-order valence-electron chi connectivity index (χ1n) is 9.32. The van der Waals surface area contributed by atoms with Crippen LogP contribution in [-0.2, 0) is 13.6 Å². The van der Waals surface area contributed by atoms with Crippen LogP contribution in [0.4, 0.5) is 5.69 Å². The summed E-state index contributed by atoms with van der Waals surface area (Å²) in [4.78, 5) is 0. The molecule has 0 aliphatic carbocycles. The number of nitrogens with two attached hydrogens (primary N) is 1. The van der Waals surface area contributed by atoms with Gasteiger partial charge in [-0.15, -0.1) is 0 Å². The molecule has 0 amide bonds. The maximum absolute atomic E-state index is 6.16. The lowest BCUT2D eigenvalue weighted by Crippen LogP contribution is -2.65. The van der Waals surface area contributed by atoms with Crippen molar-refractivity contribution in [3.05, 3.63) is 30.3 Å². The molecule has 0 aromatic heterocycles. The second-order valence-electron chi connectivity index (χ2n) is 6.02. The van der Waals surface area contributed by atoms with Crippen molar-refractivity contribution in [1.29, 1.82) is 0 Å². The number of nitrogen functional groups attached to an aromatic ring is 1. The number of ether oxygens (including phenoxy) is 1. The van der Waals surface area contributed by atoms with Crippen LogP contribution in [-0.4, -0.2) is 33.6 Å². The van der Waals surface area contributed by atoms with E-state index in [-0.39, 0.29) is 5.22 Å². The van der Waals surface area contributed by atoms with E-state index >= 15 is 0 Å². The van der Waals surface area contributed by atoms with Gasteiger partial charge in [-0.1, -0.05) is 38.0 Å². The third-order valence-corrected chi connectivity index (χ3v) is 9.24. The molecule has 0 saturated carbocycles. The molecule has 0 radical (unpaired) electrons. The van der Waals surface area contributed by atoms with Gasteiger partial charge in [0.05, 0.1) is 0 Å². The molecule has 1 heterocycles. The smallest absolute Gasteiger partial charge is 0.371 e. The quantitative estimate of drug-likeness (QED) is 0.571. The summed E-state index contributed by atoms with van der Waals surface area (Å²) in [7, 11) is -2.21. The molecule has 1 fully saturated rings. The van der Waals surface area contributed by atoms with Crippen LogP contribution in [0.2, 0.25) is 6.04 Å². The van der Waals surface area contributed by atoms with E-state index in [0.717, 1.165) is 44.4 Å². The Morgan fingerprint density at radius 1 is 0.958 bits per heavy atom. The van der Waals surface area contributed by atoms with Gasteiger partial charge in [-0.3, -0.25) is 0 Å². The standard InChI is InChI=1S/C13H28O3Si.C6H7N/c1-5-13(14-6-2)11-9-10-12-17(13,15-7-3)16-8-4;7-6-4-2-1-3-5-6/h5-12H2,1-4H3;1-5H,7H2. The van der Waals surface area contributed by atoms with Crippen LogP contribution in [0.15, 0.2) is 30.3 Å². The first-order chi connectivity index (χ1) is 11.6. The van der Waals surface area contributed by atoms with E-state index in [1.165, 1.54) is 12.8 Å². The predicted octanol–water partition coefficient (Wildman–Crippen LogP) is 4.68. The molecule has 1 atom stereocenters. The first kappa shape index (κ1) is 21.2. The number of hydrogen-bond donors (Lipinski definition) is 1. The number of anilines is 1. The van der Waals surface area contributed by atoms with Crippen molar-refractivity contribution >= 4 is 14.2 Å². The van der Waals surface area contributed by atoms with Crippen LogP contribution in [0.3, 0.4) is 0 Å². The van der Waals surface area contributed by atoms with Crippen LogP contribution < -0.4 is 5.73 Å². The minimum absolute atomic E-state index is 0.119. The summed E-state index contributed by atoms with van der Waals surface area (Å²) < 4.78 is 18.5. The molecule has 2 N–H and O–H groups in total. The molecule has 1 aliphatic heterocycles. The Morgan fingerprint density at radius 2 is 1.58 bits per heavy atom. The fourth-order valence-electron chi connectivity index (χ4n) is 3.56. The zero-order valence-corrected chi connectivity index (χ0v) is 16.8. The summed E-state index contributed by atoms with van der Waals surface area (Å²) in [6.45, 7) is 10.6. The Kier molecular flexibility index (Phi) is 9.59. The number of para-hydroxylation sites is 1. The Morgan fingerprint density at radius 3 is 2.00 bits per heavy atom. The molecule has 1 unspecified atom stereocenters. The van der Waals surface area contributed by atoms with Gasteiger partial charge in [-0.25, -0.2) is 0 Å². The molecular formula is C19H35NO3Si. The van der Waals surface area contributed by atoms with Crippen LogP contribution in [0, 0.1) is 0 Å². The van der Waals surface area contributed by atoms with Gasteiger partial charge in [0.15, 0.2) is 0 Å². The van der Waals surface area contributed by atoms with Crippen LogP contribution in [0.25, 0.3) is 0 Å². The van der Waals surface area contributed by atoms with E-state index in [0.29, 0.717) is 0 Å². The predicted molar refractivity (Wildman–Crippen MR) is 103 cm³/mol. The zero-order chi connectivity index (χ0) is 17.9. The fourth-order valence-corrected chi connectivity index (χ4v) is 8.02. The Balaban J connectivity index is 0.000000341. The summed E-state index contributed by atoms with van der Waals surface area (Å²) in [5.41, 5.74) is 6.18.